The summed E-state index contributed by atoms with van der Waals surface area (Å²) >= 11 is 0. The zero-order chi connectivity index (χ0) is 18.5. The van der Waals surface area contributed by atoms with Crippen molar-refractivity contribution in [3.8, 4) is 5.75 Å². The number of amides is 2. The third-order valence-electron chi connectivity index (χ3n) is 4.01. The van der Waals surface area contributed by atoms with Crippen LogP contribution in [0.3, 0.4) is 0 Å². The lowest BCUT2D eigenvalue weighted by molar-refractivity contribution is -0.120. The molecule has 0 radical (unpaired) electrons. The molecule has 2 N–H and O–H groups in total. The second-order valence-electron chi connectivity index (χ2n) is 5.86. The van der Waals surface area contributed by atoms with Gasteiger partial charge in [0.2, 0.25) is 5.91 Å². The molecular weight excluding hydrogens is 332 g/mol. The van der Waals surface area contributed by atoms with Crippen LogP contribution >= 0.6 is 0 Å². The molecule has 1 atom stereocenters. The molecule has 2 aromatic carbocycles. The van der Waals surface area contributed by atoms with Crippen molar-refractivity contribution >= 4 is 22.8 Å². The van der Waals surface area contributed by atoms with Gasteiger partial charge in [-0.15, -0.1) is 0 Å². The van der Waals surface area contributed by atoms with E-state index < -0.39 is 0 Å². The van der Waals surface area contributed by atoms with Gasteiger partial charge >= 0.3 is 0 Å². The molecule has 0 aliphatic heterocycles. The second-order valence-corrected chi connectivity index (χ2v) is 5.86. The quantitative estimate of drug-likeness (QED) is 0.714. The van der Waals surface area contributed by atoms with Gasteiger partial charge in [-0.3, -0.25) is 9.59 Å². The van der Waals surface area contributed by atoms with E-state index in [2.05, 4.69) is 10.6 Å². The first kappa shape index (κ1) is 17.5. The predicted molar refractivity (Wildman–Crippen MR) is 98.1 cm³/mol. The number of benzene rings is 2. The van der Waals surface area contributed by atoms with E-state index in [1.807, 2.05) is 37.3 Å². The van der Waals surface area contributed by atoms with Gasteiger partial charge in [0.25, 0.3) is 5.91 Å². The van der Waals surface area contributed by atoms with Crippen molar-refractivity contribution in [2.45, 2.75) is 13.0 Å². The Labute approximate surface area is 151 Å². The van der Waals surface area contributed by atoms with Crippen LogP contribution < -0.4 is 15.4 Å². The Bertz CT molecular complexity index is 899. The molecule has 0 fully saturated rings. The van der Waals surface area contributed by atoms with Gasteiger partial charge in [0.15, 0.2) is 0 Å². The number of carbonyl (C=O) groups excluding carboxylic acids is 2. The Morgan fingerprint density at radius 1 is 1.12 bits per heavy atom. The Morgan fingerprint density at radius 3 is 2.62 bits per heavy atom. The van der Waals surface area contributed by atoms with E-state index in [1.54, 1.807) is 24.3 Å². The maximum absolute atomic E-state index is 12.2. The number of hydrogen-bond donors (Lipinski definition) is 2. The van der Waals surface area contributed by atoms with Crippen LogP contribution in [0, 0.1) is 0 Å². The summed E-state index contributed by atoms with van der Waals surface area (Å²) in [5, 5.41) is 6.39. The molecule has 134 valence electrons. The lowest BCUT2D eigenvalue weighted by Gasteiger charge is -2.12. The van der Waals surface area contributed by atoms with Gasteiger partial charge in [0.05, 0.1) is 25.3 Å². The van der Waals surface area contributed by atoms with Crippen LogP contribution in [0.2, 0.25) is 0 Å². The predicted octanol–water partition coefficient (Wildman–Crippen LogP) is 3.05. The Kier molecular flexibility index (Phi) is 5.22. The first-order valence-corrected chi connectivity index (χ1v) is 8.27. The van der Waals surface area contributed by atoms with E-state index in [0.717, 1.165) is 11.0 Å². The molecule has 0 aliphatic carbocycles. The number of methoxy groups -OCH3 is 1. The summed E-state index contributed by atoms with van der Waals surface area (Å²) in [6.07, 6.45) is 0. The number of rotatable bonds is 6. The smallest absolute Gasteiger partial charge is 0.255 e. The fourth-order valence-electron chi connectivity index (χ4n) is 2.67. The molecule has 3 rings (SSSR count). The summed E-state index contributed by atoms with van der Waals surface area (Å²) in [6.45, 7) is 1.69. The van der Waals surface area contributed by atoms with Crippen molar-refractivity contribution in [1.82, 2.24) is 10.6 Å². The molecule has 1 heterocycles. The van der Waals surface area contributed by atoms with E-state index >= 15 is 0 Å². The number of carbonyl (C=O) groups is 2. The average Bonchev–Trinajstić information content (AvgIpc) is 3.10. The summed E-state index contributed by atoms with van der Waals surface area (Å²) in [6, 6.07) is 16.1. The van der Waals surface area contributed by atoms with Crippen molar-refractivity contribution in [2.75, 3.05) is 13.7 Å². The third kappa shape index (κ3) is 3.85. The van der Waals surface area contributed by atoms with Crippen LogP contribution in [0.15, 0.2) is 59.0 Å². The maximum atomic E-state index is 12.2. The van der Waals surface area contributed by atoms with Gasteiger partial charge in [-0.25, -0.2) is 0 Å². The third-order valence-corrected chi connectivity index (χ3v) is 4.01. The van der Waals surface area contributed by atoms with Crippen molar-refractivity contribution in [2.24, 2.45) is 0 Å². The van der Waals surface area contributed by atoms with Crippen LogP contribution in [0.4, 0.5) is 0 Å². The largest absolute Gasteiger partial charge is 0.496 e. The number of nitrogens with one attached hydrogen (secondary N) is 2. The first-order chi connectivity index (χ1) is 12.6. The van der Waals surface area contributed by atoms with Gasteiger partial charge in [0, 0.05) is 5.39 Å². The molecule has 1 unspecified atom stereocenters. The van der Waals surface area contributed by atoms with Crippen LogP contribution in [-0.4, -0.2) is 25.5 Å². The molecule has 0 saturated heterocycles. The van der Waals surface area contributed by atoms with E-state index in [4.69, 9.17) is 9.15 Å². The highest BCUT2D eigenvalue weighted by molar-refractivity contribution is 5.98. The summed E-state index contributed by atoms with van der Waals surface area (Å²) in [5.41, 5.74) is 1.15. The number of hydrogen-bond acceptors (Lipinski definition) is 4. The molecule has 1 aromatic heterocycles. The van der Waals surface area contributed by atoms with Crippen molar-refractivity contribution in [3.05, 3.63) is 65.9 Å². The molecule has 6 heteroatoms. The Balaban J connectivity index is 1.57. The van der Waals surface area contributed by atoms with Gasteiger partial charge < -0.3 is 19.8 Å². The normalized spacial score (nSPS) is 11.8. The molecule has 0 bridgehead atoms. The fraction of sp³-hybridized carbons (Fsp3) is 0.200. The molecule has 3 aromatic rings. The number of ether oxygens (including phenoxy) is 1. The van der Waals surface area contributed by atoms with Gasteiger partial charge in [0.1, 0.15) is 17.1 Å². The first-order valence-electron chi connectivity index (χ1n) is 8.27. The molecule has 0 saturated carbocycles. The lowest BCUT2D eigenvalue weighted by Crippen LogP contribution is -2.38. The molecule has 0 aliphatic rings. The Hall–Kier alpha value is -3.28. The summed E-state index contributed by atoms with van der Waals surface area (Å²) in [7, 11) is 1.49. The summed E-state index contributed by atoms with van der Waals surface area (Å²) < 4.78 is 10.9. The molecule has 6 nitrogen and oxygen atoms in total. The molecular formula is C20H20N2O4. The van der Waals surface area contributed by atoms with Crippen molar-refractivity contribution < 1.29 is 18.7 Å². The zero-order valence-electron chi connectivity index (χ0n) is 14.6. The van der Waals surface area contributed by atoms with Crippen LogP contribution in [0.1, 0.15) is 29.1 Å². The highest BCUT2D eigenvalue weighted by atomic mass is 16.5. The lowest BCUT2D eigenvalue weighted by atomic mass is 10.2. The standard InChI is InChI=1S/C20H20N2O4/c1-13(18-11-14-7-3-5-9-16(14)26-18)22-19(23)12-21-20(24)15-8-4-6-10-17(15)25-2/h3-11,13H,12H2,1-2H3,(H,21,24)(H,22,23). The number of fused-ring (bicyclic) bond motifs is 1. The van der Waals surface area contributed by atoms with Crippen molar-refractivity contribution in [1.29, 1.82) is 0 Å². The van der Waals surface area contributed by atoms with Gasteiger partial charge in [-0.1, -0.05) is 30.3 Å². The molecule has 2 amide bonds. The minimum Gasteiger partial charge on any atom is -0.496 e. The average molecular weight is 352 g/mol. The highest BCUT2D eigenvalue weighted by Crippen LogP contribution is 2.23. The van der Waals surface area contributed by atoms with Crippen molar-refractivity contribution in [3.63, 3.8) is 0 Å². The maximum Gasteiger partial charge on any atom is 0.255 e. The van der Waals surface area contributed by atoms with Gasteiger partial charge in [-0.2, -0.15) is 0 Å². The van der Waals surface area contributed by atoms with E-state index in [-0.39, 0.29) is 24.4 Å². The molecule has 0 spiro atoms. The topological polar surface area (TPSA) is 80.6 Å². The minimum atomic E-state index is -0.367. The molecule has 26 heavy (non-hydrogen) atoms. The van der Waals surface area contributed by atoms with Gasteiger partial charge in [-0.05, 0) is 31.2 Å². The second kappa shape index (κ2) is 7.74. The van der Waals surface area contributed by atoms with Crippen LogP contribution in [0.25, 0.3) is 11.0 Å². The Morgan fingerprint density at radius 2 is 1.85 bits per heavy atom. The van der Waals surface area contributed by atoms with E-state index in [0.29, 0.717) is 17.1 Å². The highest BCUT2D eigenvalue weighted by Gasteiger charge is 2.16. The fourth-order valence-corrected chi connectivity index (χ4v) is 2.67. The van der Waals surface area contributed by atoms with E-state index in [9.17, 15) is 9.59 Å². The van der Waals surface area contributed by atoms with Crippen LogP contribution in [-0.2, 0) is 4.79 Å². The SMILES string of the molecule is COc1ccccc1C(=O)NCC(=O)NC(C)c1cc2ccccc2o1. The monoisotopic (exact) mass is 352 g/mol. The minimum absolute atomic E-state index is 0.137. The summed E-state index contributed by atoms with van der Waals surface area (Å²) in [5.74, 6) is 0.451. The zero-order valence-corrected chi connectivity index (χ0v) is 14.6. The van der Waals surface area contributed by atoms with Crippen LogP contribution in [0.5, 0.6) is 5.75 Å². The summed E-state index contributed by atoms with van der Waals surface area (Å²) in [4.78, 5) is 24.3. The number of furan rings is 1. The number of para-hydroxylation sites is 2. The van der Waals surface area contributed by atoms with E-state index in [1.165, 1.54) is 7.11 Å².